The first kappa shape index (κ1) is 14.8. The largest absolute Gasteiger partial charge is 0.265 e. The summed E-state index contributed by atoms with van der Waals surface area (Å²) in [4.78, 5) is 4.06. The Bertz CT molecular complexity index is 344. The average molecular weight is 280 g/mol. The third-order valence-corrected chi connectivity index (χ3v) is 5.06. The molecule has 0 aliphatic heterocycles. The van der Waals surface area contributed by atoms with Gasteiger partial charge in [0, 0.05) is 17.8 Å². The van der Waals surface area contributed by atoms with E-state index in [0.717, 1.165) is 12.3 Å². The summed E-state index contributed by atoms with van der Waals surface area (Å²) < 4.78 is 0. The molecule has 1 heterocycles. The Morgan fingerprint density at radius 1 is 1.21 bits per heavy atom. The van der Waals surface area contributed by atoms with Crippen molar-refractivity contribution in [3.8, 4) is 0 Å². The zero-order chi connectivity index (χ0) is 13.5. The molecule has 1 aliphatic rings. The Labute approximate surface area is 122 Å². The Hall–Kier alpha value is -0.560. The lowest BCUT2D eigenvalue weighted by atomic mass is 9.77. The quantitative estimate of drug-likeness (QED) is 0.650. The van der Waals surface area contributed by atoms with Crippen LogP contribution in [0.15, 0.2) is 24.5 Å². The van der Waals surface area contributed by atoms with Crippen LogP contribution in [0.4, 0.5) is 0 Å². The second-order valence-electron chi connectivity index (χ2n) is 6.00. The fourth-order valence-electron chi connectivity index (χ4n) is 3.24. The molecule has 2 heteroatoms. The number of halogens is 1. The Morgan fingerprint density at radius 3 is 2.53 bits per heavy atom. The first-order valence-corrected chi connectivity index (χ1v) is 8.26. The van der Waals surface area contributed by atoms with Crippen LogP contribution in [0.25, 0.3) is 0 Å². The summed E-state index contributed by atoms with van der Waals surface area (Å²) in [7, 11) is 0. The van der Waals surface area contributed by atoms with Crippen molar-refractivity contribution in [2.45, 2.75) is 63.7 Å². The summed E-state index contributed by atoms with van der Waals surface area (Å²) in [6.07, 6.45) is 14.3. The van der Waals surface area contributed by atoms with Gasteiger partial charge in [0.25, 0.3) is 0 Å². The van der Waals surface area contributed by atoms with Crippen LogP contribution >= 0.6 is 11.6 Å². The summed E-state index contributed by atoms with van der Waals surface area (Å²) in [6, 6.07) is 4.17. The molecule has 0 N–H and O–H groups in total. The molecule has 1 aliphatic carbocycles. The lowest BCUT2D eigenvalue weighted by Gasteiger charge is -2.31. The monoisotopic (exact) mass is 279 g/mol. The second kappa shape index (κ2) is 7.89. The number of nitrogens with zero attached hydrogens (tertiary/aromatic N) is 1. The van der Waals surface area contributed by atoms with Gasteiger partial charge in [-0.1, -0.05) is 39.0 Å². The lowest BCUT2D eigenvalue weighted by Crippen LogP contribution is -2.23. The maximum atomic E-state index is 6.63. The zero-order valence-electron chi connectivity index (χ0n) is 12.0. The predicted octanol–water partition coefficient (Wildman–Crippen LogP) is 5.23. The van der Waals surface area contributed by atoms with Crippen LogP contribution in [0.2, 0.25) is 0 Å². The van der Waals surface area contributed by atoms with Crippen LogP contribution in [0, 0.1) is 11.8 Å². The number of rotatable bonds is 6. The minimum Gasteiger partial charge on any atom is -0.265 e. The number of pyridine rings is 1. The number of unbranched alkanes of at least 4 members (excludes halogenated alkanes) is 1. The first-order valence-electron chi connectivity index (χ1n) is 7.82. The lowest BCUT2D eigenvalue weighted by molar-refractivity contribution is 0.253. The van der Waals surface area contributed by atoms with Crippen molar-refractivity contribution < 1.29 is 0 Å². The molecule has 1 aromatic heterocycles. The summed E-state index contributed by atoms with van der Waals surface area (Å²) in [5, 5.41) is 0.300. The van der Waals surface area contributed by atoms with Crippen LogP contribution in [0.3, 0.4) is 0 Å². The standard InChI is InChI=1S/C17H26ClN/c1-2-3-4-14-5-7-16(8-6-14)17(18)13-15-9-11-19-12-10-15/h9-12,14,16-17H,2-8,13H2,1H3. The third-order valence-electron chi connectivity index (χ3n) is 4.55. The highest BCUT2D eigenvalue weighted by atomic mass is 35.5. The number of alkyl halides is 1. The third kappa shape index (κ3) is 4.80. The molecule has 0 spiro atoms. The summed E-state index contributed by atoms with van der Waals surface area (Å²) in [5.74, 6) is 1.69. The van der Waals surface area contributed by atoms with Gasteiger partial charge in [-0.15, -0.1) is 11.6 Å². The molecule has 0 saturated heterocycles. The SMILES string of the molecule is CCCCC1CCC(C(Cl)Cc2ccncc2)CC1. The number of hydrogen-bond acceptors (Lipinski definition) is 1. The summed E-state index contributed by atoms with van der Waals surface area (Å²) >= 11 is 6.63. The maximum absolute atomic E-state index is 6.63. The Balaban J connectivity index is 1.74. The van der Waals surface area contributed by atoms with E-state index >= 15 is 0 Å². The van der Waals surface area contributed by atoms with E-state index in [1.807, 2.05) is 12.4 Å². The molecular formula is C17H26ClN. The fraction of sp³-hybridized carbons (Fsp3) is 0.706. The van der Waals surface area contributed by atoms with E-state index in [9.17, 15) is 0 Å². The van der Waals surface area contributed by atoms with Crippen LogP contribution < -0.4 is 0 Å². The molecule has 0 amide bonds. The van der Waals surface area contributed by atoms with Gasteiger partial charge in [0.2, 0.25) is 0 Å². The Kier molecular flexibility index (Phi) is 6.16. The van der Waals surface area contributed by atoms with Crippen LogP contribution in [-0.2, 0) is 6.42 Å². The molecule has 0 radical (unpaired) electrons. The van der Waals surface area contributed by atoms with E-state index in [1.165, 1.54) is 50.5 Å². The fourth-order valence-corrected chi connectivity index (χ4v) is 3.67. The molecule has 1 atom stereocenters. The average Bonchev–Trinajstić information content (AvgIpc) is 2.46. The van der Waals surface area contributed by atoms with E-state index in [4.69, 9.17) is 11.6 Å². The molecule has 19 heavy (non-hydrogen) atoms. The smallest absolute Gasteiger partial charge is 0.0404 e. The van der Waals surface area contributed by atoms with Gasteiger partial charge >= 0.3 is 0 Å². The van der Waals surface area contributed by atoms with E-state index in [1.54, 1.807) is 0 Å². The van der Waals surface area contributed by atoms with Crippen LogP contribution in [0.5, 0.6) is 0 Å². The van der Waals surface area contributed by atoms with Gasteiger partial charge in [-0.3, -0.25) is 4.98 Å². The molecule has 106 valence electrons. The summed E-state index contributed by atoms with van der Waals surface area (Å²) in [6.45, 7) is 2.29. The van der Waals surface area contributed by atoms with Gasteiger partial charge in [0.15, 0.2) is 0 Å². The van der Waals surface area contributed by atoms with Gasteiger partial charge in [-0.05, 0) is 48.8 Å². The van der Waals surface area contributed by atoms with Crippen LogP contribution in [0.1, 0.15) is 57.4 Å². The van der Waals surface area contributed by atoms with Crippen molar-refractivity contribution in [3.63, 3.8) is 0 Å². The van der Waals surface area contributed by atoms with Crippen molar-refractivity contribution in [2.24, 2.45) is 11.8 Å². The Morgan fingerprint density at radius 2 is 1.89 bits per heavy atom. The summed E-state index contributed by atoms with van der Waals surface area (Å²) in [5.41, 5.74) is 1.32. The molecule has 1 aromatic rings. The van der Waals surface area contributed by atoms with Gasteiger partial charge in [0.1, 0.15) is 0 Å². The van der Waals surface area contributed by atoms with Crippen molar-refractivity contribution in [3.05, 3.63) is 30.1 Å². The van der Waals surface area contributed by atoms with Crippen molar-refractivity contribution >= 4 is 11.6 Å². The normalized spacial score (nSPS) is 25.2. The van der Waals surface area contributed by atoms with Gasteiger partial charge in [-0.2, -0.15) is 0 Å². The van der Waals surface area contributed by atoms with Crippen LogP contribution in [-0.4, -0.2) is 10.4 Å². The van der Waals surface area contributed by atoms with Gasteiger partial charge < -0.3 is 0 Å². The highest BCUT2D eigenvalue weighted by molar-refractivity contribution is 6.20. The highest BCUT2D eigenvalue weighted by Crippen LogP contribution is 2.36. The van der Waals surface area contributed by atoms with E-state index in [0.29, 0.717) is 11.3 Å². The molecule has 1 fully saturated rings. The first-order chi connectivity index (χ1) is 9.29. The minimum atomic E-state index is 0.300. The van der Waals surface area contributed by atoms with E-state index < -0.39 is 0 Å². The van der Waals surface area contributed by atoms with Crippen molar-refractivity contribution in [1.82, 2.24) is 4.98 Å². The number of aromatic nitrogens is 1. The van der Waals surface area contributed by atoms with Crippen molar-refractivity contribution in [2.75, 3.05) is 0 Å². The molecule has 1 saturated carbocycles. The zero-order valence-corrected chi connectivity index (χ0v) is 12.8. The maximum Gasteiger partial charge on any atom is 0.0404 e. The minimum absolute atomic E-state index is 0.300. The molecule has 1 unspecified atom stereocenters. The van der Waals surface area contributed by atoms with Crippen molar-refractivity contribution in [1.29, 1.82) is 0 Å². The highest BCUT2D eigenvalue weighted by Gasteiger charge is 2.26. The topological polar surface area (TPSA) is 12.9 Å². The molecular weight excluding hydrogens is 254 g/mol. The second-order valence-corrected chi connectivity index (χ2v) is 6.56. The molecule has 0 aromatic carbocycles. The number of hydrogen-bond donors (Lipinski definition) is 0. The predicted molar refractivity (Wildman–Crippen MR) is 82.6 cm³/mol. The molecule has 2 rings (SSSR count). The van der Waals surface area contributed by atoms with Gasteiger partial charge in [-0.25, -0.2) is 0 Å². The molecule has 1 nitrogen and oxygen atoms in total. The van der Waals surface area contributed by atoms with E-state index in [-0.39, 0.29) is 0 Å². The van der Waals surface area contributed by atoms with E-state index in [2.05, 4.69) is 24.0 Å². The molecule has 0 bridgehead atoms. The van der Waals surface area contributed by atoms with Gasteiger partial charge in [0.05, 0.1) is 0 Å².